The third-order valence-electron chi connectivity index (χ3n) is 3.04. The van der Waals surface area contributed by atoms with E-state index in [4.69, 9.17) is 5.73 Å². The Bertz CT molecular complexity index is 325. The summed E-state index contributed by atoms with van der Waals surface area (Å²) in [6.45, 7) is 4.90. The summed E-state index contributed by atoms with van der Waals surface area (Å²) in [5, 5.41) is 1.04. The van der Waals surface area contributed by atoms with Gasteiger partial charge in [-0.25, -0.2) is 4.98 Å². The minimum Gasteiger partial charge on any atom is -0.340 e. The summed E-state index contributed by atoms with van der Waals surface area (Å²) in [6, 6.07) is 0.987. The summed E-state index contributed by atoms with van der Waals surface area (Å²) in [5.74, 6) is 0.864. The molecule has 2 unspecified atom stereocenters. The Morgan fingerprint density at radius 1 is 1.53 bits per heavy atom. The van der Waals surface area contributed by atoms with E-state index in [2.05, 4.69) is 21.2 Å². The van der Waals surface area contributed by atoms with Crippen LogP contribution in [0.1, 0.15) is 32.0 Å². The molecule has 0 aromatic carbocycles. The van der Waals surface area contributed by atoms with Crippen LogP contribution in [0.15, 0.2) is 0 Å². The molecule has 1 aromatic rings. The van der Waals surface area contributed by atoms with E-state index >= 15 is 0 Å². The van der Waals surface area contributed by atoms with Crippen LogP contribution in [-0.2, 0) is 0 Å². The smallest absolute Gasteiger partial charge is 0.205 e. The molecule has 1 fully saturated rings. The first-order valence-electron chi connectivity index (χ1n) is 5.51. The molecule has 0 aliphatic carbocycles. The van der Waals surface area contributed by atoms with Crippen molar-refractivity contribution in [2.45, 2.75) is 45.2 Å². The molecule has 1 aromatic heterocycles. The van der Waals surface area contributed by atoms with Gasteiger partial charge in [-0.3, -0.25) is 0 Å². The zero-order chi connectivity index (χ0) is 10.8. The standard InChI is InChI=1S/C10H18N4S/c1-7-4-3-5-9(6-11)14(7)10-12-8(2)13-15-10/h7,9H,3-6,11H2,1-2H3. The van der Waals surface area contributed by atoms with Crippen molar-refractivity contribution in [3.8, 4) is 0 Å². The molecule has 2 N–H and O–H groups in total. The minimum absolute atomic E-state index is 0.445. The van der Waals surface area contributed by atoms with Gasteiger partial charge in [-0.15, -0.1) is 0 Å². The fraction of sp³-hybridized carbons (Fsp3) is 0.800. The van der Waals surface area contributed by atoms with Crippen molar-refractivity contribution in [2.75, 3.05) is 11.4 Å². The van der Waals surface area contributed by atoms with Gasteiger partial charge in [0.1, 0.15) is 5.82 Å². The molecule has 1 aliphatic rings. The molecular weight excluding hydrogens is 208 g/mol. The lowest BCUT2D eigenvalue weighted by atomic mass is 9.97. The highest BCUT2D eigenvalue weighted by atomic mass is 32.1. The maximum Gasteiger partial charge on any atom is 0.205 e. The Kier molecular flexibility index (Phi) is 3.21. The number of piperidine rings is 1. The van der Waals surface area contributed by atoms with E-state index in [0.29, 0.717) is 18.6 Å². The van der Waals surface area contributed by atoms with Crippen molar-refractivity contribution in [3.63, 3.8) is 0 Å². The second kappa shape index (κ2) is 4.45. The molecule has 0 bridgehead atoms. The second-order valence-corrected chi connectivity index (χ2v) is 4.93. The Hall–Kier alpha value is -0.680. The van der Waals surface area contributed by atoms with Crippen molar-refractivity contribution in [1.82, 2.24) is 9.36 Å². The molecule has 0 saturated carbocycles. The molecule has 2 atom stereocenters. The molecule has 2 rings (SSSR count). The van der Waals surface area contributed by atoms with Crippen molar-refractivity contribution < 1.29 is 0 Å². The molecule has 4 nitrogen and oxygen atoms in total. The number of hydrogen-bond donors (Lipinski definition) is 1. The number of nitrogens with two attached hydrogens (primary N) is 1. The van der Waals surface area contributed by atoms with Crippen molar-refractivity contribution >= 4 is 16.7 Å². The maximum absolute atomic E-state index is 5.81. The van der Waals surface area contributed by atoms with E-state index < -0.39 is 0 Å². The van der Waals surface area contributed by atoms with Gasteiger partial charge in [0.2, 0.25) is 5.13 Å². The SMILES string of the molecule is Cc1nsc(N2C(C)CCCC2CN)n1. The largest absolute Gasteiger partial charge is 0.340 e. The zero-order valence-electron chi connectivity index (χ0n) is 9.31. The van der Waals surface area contributed by atoms with E-state index in [-0.39, 0.29) is 0 Å². The van der Waals surface area contributed by atoms with E-state index in [9.17, 15) is 0 Å². The van der Waals surface area contributed by atoms with E-state index in [0.717, 1.165) is 11.0 Å². The topological polar surface area (TPSA) is 55.0 Å². The van der Waals surface area contributed by atoms with Gasteiger partial charge < -0.3 is 10.6 Å². The van der Waals surface area contributed by atoms with Gasteiger partial charge in [-0.2, -0.15) is 4.37 Å². The lowest BCUT2D eigenvalue weighted by Gasteiger charge is -2.39. The molecule has 5 heteroatoms. The summed E-state index contributed by atoms with van der Waals surface area (Å²) in [5.41, 5.74) is 5.81. The summed E-state index contributed by atoms with van der Waals surface area (Å²) in [7, 11) is 0. The van der Waals surface area contributed by atoms with Crippen LogP contribution in [0, 0.1) is 6.92 Å². The first kappa shape index (κ1) is 10.8. The maximum atomic E-state index is 5.81. The van der Waals surface area contributed by atoms with Crippen LogP contribution in [0.2, 0.25) is 0 Å². The number of aryl methyl sites for hydroxylation is 1. The summed E-state index contributed by atoms with van der Waals surface area (Å²) < 4.78 is 4.24. The first-order chi connectivity index (χ1) is 7.22. The fourth-order valence-corrected chi connectivity index (χ4v) is 3.10. The molecule has 1 saturated heterocycles. The van der Waals surface area contributed by atoms with Crippen molar-refractivity contribution in [3.05, 3.63) is 5.82 Å². The van der Waals surface area contributed by atoms with Crippen LogP contribution in [0.25, 0.3) is 0 Å². The molecular formula is C10H18N4S. The van der Waals surface area contributed by atoms with Gasteiger partial charge in [-0.1, -0.05) is 0 Å². The third-order valence-corrected chi connectivity index (χ3v) is 3.86. The van der Waals surface area contributed by atoms with Gasteiger partial charge in [0.15, 0.2) is 0 Å². The van der Waals surface area contributed by atoms with Crippen LogP contribution < -0.4 is 10.6 Å². The van der Waals surface area contributed by atoms with Crippen LogP contribution in [0.5, 0.6) is 0 Å². The third kappa shape index (κ3) is 2.13. The fourth-order valence-electron chi connectivity index (χ4n) is 2.25. The summed E-state index contributed by atoms with van der Waals surface area (Å²) in [4.78, 5) is 6.82. The molecule has 0 radical (unpaired) electrons. The van der Waals surface area contributed by atoms with Gasteiger partial charge in [0.05, 0.1) is 0 Å². The zero-order valence-corrected chi connectivity index (χ0v) is 10.1. The predicted molar refractivity (Wildman–Crippen MR) is 63.3 cm³/mol. The Morgan fingerprint density at radius 3 is 2.93 bits per heavy atom. The Balaban J connectivity index is 2.22. The number of hydrogen-bond acceptors (Lipinski definition) is 5. The van der Waals surface area contributed by atoms with Crippen LogP contribution >= 0.6 is 11.5 Å². The van der Waals surface area contributed by atoms with Crippen LogP contribution in [0.3, 0.4) is 0 Å². The van der Waals surface area contributed by atoms with Gasteiger partial charge >= 0.3 is 0 Å². The Morgan fingerprint density at radius 2 is 2.33 bits per heavy atom. The lowest BCUT2D eigenvalue weighted by Crippen LogP contribution is -2.49. The van der Waals surface area contributed by atoms with Crippen LogP contribution in [0.4, 0.5) is 5.13 Å². The average Bonchev–Trinajstić information content (AvgIpc) is 2.64. The number of rotatable bonds is 2. The highest BCUT2D eigenvalue weighted by Crippen LogP contribution is 2.29. The second-order valence-electron chi connectivity index (χ2n) is 4.20. The normalized spacial score (nSPS) is 27.0. The van der Waals surface area contributed by atoms with E-state index in [1.54, 1.807) is 0 Å². The molecule has 0 spiro atoms. The monoisotopic (exact) mass is 226 g/mol. The minimum atomic E-state index is 0.445. The molecule has 84 valence electrons. The van der Waals surface area contributed by atoms with Crippen molar-refractivity contribution in [1.29, 1.82) is 0 Å². The van der Waals surface area contributed by atoms with Gasteiger partial charge in [0.25, 0.3) is 0 Å². The first-order valence-corrected chi connectivity index (χ1v) is 6.28. The van der Waals surface area contributed by atoms with Crippen molar-refractivity contribution in [2.24, 2.45) is 5.73 Å². The van der Waals surface area contributed by atoms with Gasteiger partial charge in [-0.05, 0) is 33.1 Å². The van der Waals surface area contributed by atoms with Gasteiger partial charge in [0, 0.05) is 30.2 Å². The average molecular weight is 226 g/mol. The van der Waals surface area contributed by atoms with Crippen LogP contribution in [-0.4, -0.2) is 28.0 Å². The Labute approximate surface area is 94.7 Å². The summed E-state index contributed by atoms with van der Waals surface area (Å²) >= 11 is 1.49. The molecule has 2 heterocycles. The molecule has 1 aliphatic heterocycles. The lowest BCUT2D eigenvalue weighted by molar-refractivity contribution is 0.400. The molecule has 15 heavy (non-hydrogen) atoms. The quantitative estimate of drug-likeness (QED) is 0.831. The highest BCUT2D eigenvalue weighted by molar-refractivity contribution is 7.09. The number of nitrogens with zero attached hydrogens (tertiary/aromatic N) is 3. The number of aromatic nitrogens is 2. The predicted octanol–water partition coefficient (Wildman–Crippen LogP) is 1.55. The summed E-state index contributed by atoms with van der Waals surface area (Å²) in [6.07, 6.45) is 3.69. The van der Waals surface area contributed by atoms with E-state index in [1.807, 2.05) is 6.92 Å². The molecule has 0 amide bonds. The highest BCUT2D eigenvalue weighted by Gasteiger charge is 2.29. The number of anilines is 1. The van der Waals surface area contributed by atoms with E-state index in [1.165, 1.54) is 30.8 Å².